The smallest absolute Gasteiger partial charge is 0.328 e. The van der Waals surface area contributed by atoms with E-state index in [1.807, 2.05) is 20.8 Å². The second-order valence-electron chi connectivity index (χ2n) is 3.19. The molecular weight excluding hydrogens is 232 g/mol. The average molecular weight is 252 g/mol. The molecule has 0 amide bonds. The molecule has 0 radical (unpaired) electrons. The van der Waals surface area contributed by atoms with Crippen LogP contribution in [-0.4, -0.2) is 25.3 Å². The van der Waals surface area contributed by atoms with E-state index in [9.17, 15) is 4.79 Å². The topological polar surface area (TPSA) is 55.8 Å². The van der Waals surface area contributed by atoms with Gasteiger partial charge in [0, 0.05) is 11.6 Å². The van der Waals surface area contributed by atoms with Gasteiger partial charge in [-0.2, -0.15) is 0 Å². The quantitative estimate of drug-likeness (QED) is 0.836. The summed E-state index contributed by atoms with van der Waals surface area (Å²) in [4.78, 5) is 10.4. The predicted molar refractivity (Wildman–Crippen MR) is 72.3 cm³/mol. The maximum Gasteiger partial charge on any atom is 0.328 e. The Morgan fingerprint density at radius 3 is 2.28 bits per heavy atom. The van der Waals surface area contributed by atoms with Crippen molar-refractivity contribution < 1.29 is 19.4 Å². The number of methoxy groups -OCH3 is 2. The van der Waals surface area contributed by atoms with Gasteiger partial charge < -0.3 is 14.6 Å². The molecule has 100 valence electrons. The first-order chi connectivity index (χ1) is 8.60. The number of hydrogen-bond donors (Lipinski definition) is 1. The molecule has 0 saturated carbocycles. The molecule has 0 saturated heterocycles. The number of carbonyl (C=O) groups is 1. The van der Waals surface area contributed by atoms with Gasteiger partial charge in [-0.25, -0.2) is 4.79 Å². The Morgan fingerprint density at radius 2 is 1.83 bits per heavy atom. The second-order valence-corrected chi connectivity index (χ2v) is 3.19. The molecule has 0 unspecified atom stereocenters. The van der Waals surface area contributed by atoms with E-state index in [2.05, 4.69) is 0 Å². The van der Waals surface area contributed by atoms with Crippen LogP contribution in [-0.2, 0) is 4.79 Å². The van der Waals surface area contributed by atoms with Crippen LogP contribution in [0.25, 0.3) is 6.08 Å². The van der Waals surface area contributed by atoms with Crippen LogP contribution >= 0.6 is 0 Å². The van der Waals surface area contributed by atoms with Gasteiger partial charge in [-0.3, -0.25) is 0 Å². The van der Waals surface area contributed by atoms with E-state index in [0.717, 1.165) is 17.2 Å². The number of aliphatic carboxylic acids is 1. The molecule has 4 nitrogen and oxygen atoms in total. The normalized spacial score (nSPS) is 9.61. The summed E-state index contributed by atoms with van der Waals surface area (Å²) in [5, 5.41) is 8.55. The lowest BCUT2D eigenvalue weighted by Crippen LogP contribution is -1.95. The largest absolute Gasteiger partial charge is 0.493 e. The lowest BCUT2D eigenvalue weighted by Gasteiger charge is -2.12. The summed E-state index contributed by atoms with van der Waals surface area (Å²) in [5.41, 5.74) is 1.64. The molecule has 1 aromatic rings. The molecule has 0 aliphatic rings. The van der Waals surface area contributed by atoms with Crippen molar-refractivity contribution in [2.75, 3.05) is 14.2 Å². The van der Waals surface area contributed by atoms with E-state index in [-0.39, 0.29) is 0 Å². The average Bonchev–Trinajstić information content (AvgIpc) is 2.39. The van der Waals surface area contributed by atoms with E-state index in [1.165, 1.54) is 6.08 Å². The Hall–Kier alpha value is -1.97. The third-order valence-electron chi connectivity index (χ3n) is 2.24. The van der Waals surface area contributed by atoms with Crippen LogP contribution < -0.4 is 9.47 Å². The fourth-order valence-electron chi connectivity index (χ4n) is 1.44. The van der Waals surface area contributed by atoms with Crippen LogP contribution in [0.5, 0.6) is 11.5 Å². The summed E-state index contributed by atoms with van der Waals surface area (Å²) in [5.74, 6) is 0.275. The van der Waals surface area contributed by atoms with Crippen LogP contribution in [0, 0.1) is 6.92 Å². The number of hydrogen-bond acceptors (Lipinski definition) is 3. The molecule has 1 N–H and O–H groups in total. The molecular formula is C14H20O4. The fourth-order valence-corrected chi connectivity index (χ4v) is 1.44. The lowest BCUT2D eigenvalue weighted by atomic mass is 10.1. The minimum atomic E-state index is -0.978. The molecule has 0 bridgehead atoms. The zero-order chi connectivity index (χ0) is 14.1. The van der Waals surface area contributed by atoms with Crippen molar-refractivity contribution in [1.82, 2.24) is 0 Å². The van der Waals surface area contributed by atoms with E-state index >= 15 is 0 Å². The Morgan fingerprint density at radius 1 is 1.22 bits per heavy atom. The monoisotopic (exact) mass is 252 g/mol. The van der Waals surface area contributed by atoms with Gasteiger partial charge in [-0.05, 0) is 24.6 Å². The maximum atomic E-state index is 10.4. The van der Waals surface area contributed by atoms with Crippen molar-refractivity contribution in [2.45, 2.75) is 20.8 Å². The highest BCUT2D eigenvalue weighted by Gasteiger charge is 2.09. The van der Waals surface area contributed by atoms with E-state index in [0.29, 0.717) is 11.5 Å². The van der Waals surface area contributed by atoms with Crippen LogP contribution in [0.3, 0.4) is 0 Å². The zero-order valence-corrected chi connectivity index (χ0v) is 11.5. The van der Waals surface area contributed by atoms with Crippen LogP contribution in [0.1, 0.15) is 25.0 Å². The zero-order valence-electron chi connectivity index (χ0n) is 11.5. The molecule has 0 spiro atoms. The molecule has 0 aliphatic carbocycles. The Labute approximate surface area is 108 Å². The third kappa shape index (κ3) is 4.13. The SMILES string of the molecule is CC.COc1ccc(/C=C/C(=O)O)c(C)c1OC. The van der Waals surface area contributed by atoms with Gasteiger partial charge in [0.25, 0.3) is 0 Å². The van der Waals surface area contributed by atoms with Gasteiger partial charge in [0.2, 0.25) is 0 Å². The van der Waals surface area contributed by atoms with Crippen LogP contribution in [0.4, 0.5) is 0 Å². The molecule has 18 heavy (non-hydrogen) atoms. The van der Waals surface area contributed by atoms with Gasteiger partial charge in [0.15, 0.2) is 11.5 Å². The van der Waals surface area contributed by atoms with Gasteiger partial charge in [-0.15, -0.1) is 0 Å². The predicted octanol–water partition coefficient (Wildman–Crippen LogP) is 3.14. The molecule has 1 rings (SSSR count). The number of benzene rings is 1. The first kappa shape index (κ1) is 16.0. The lowest BCUT2D eigenvalue weighted by molar-refractivity contribution is -0.131. The molecule has 0 fully saturated rings. The standard InChI is InChI=1S/C12H14O4.C2H6/c1-8-9(5-7-11(13)14)4-6-10(15-2)12(8)16-3;1-2/h4-7H,1-3H3,(H,13,14);1-2H3/b7-5+;. The fraction of sp³-hybridized carbons (Fsp3) is 0.357. The summed E-state index contributed by atoms with van der Waals surface area (Å²) >= 11 is 0. The highest BCUT2D eigenvalue weighted by Crippen LogP contribution is 2.33. The van der Waals surface area contributed by atoms with Crippen molar-refractivity contribution in [3.8, 4) is 11.5 Å². The Balaban J connectivity index is 0.00000137. The highest BCUT2D eigenvalue weighted by atomic mass is 16.5. The maximum absolute atomic E-state index is 10.4. The molecule has 0 atom stereocenters. The molecule has 1 aromatic carbocycles. The van der Waals surface area contributed by atoms with E-state index < -0.39 is 5.97 Å². The Kier molecular flexibility index (Phi) is 7.28. The van der Waals surface area contributed by atoms with Gasteiger partial charge in [-0.1, -0.05) is 19.9 Å². The van der Waals surface area contributed by atoms with Gasteiger partial charge in [0.05, 0.1) is 14.2 Å². The molecule has 4 heteroatoms. The van der Waals surface area contributed by atoms with Gasteiger partial charge >= 0.3 is 5.97 Å². The van der Waals surface area contributed by atoms with Crippen LogP contribution in [0.2, 0.25) is 0 Å². The Bertz CT molecular complexity index is 422. The first-order valence-corrected chi connectivity index (χ1v) is 5.72. The van der Waals surface area contributed by atoms with Crippen molar-refractivity contribution in [3.63, 3.8) is 0 Å². The van der Waals surface area contributed by atoms with Crippen molar-refractivity contribution in [1.29, 1.82) is 0 Å². The molecule has 0 heterocycles. The summed E-state index contributed by atoms with van der Waals surface area (Å²) in [7, 11) is 3.11. The minimum absolute atomic E-state index is 0.620. The van der Waals surface area contributed by atoms with E-state index in [4.69, 9.17) is 14.6 Å². The minimum Gasteiger partial charge on any atom is -0.493 e. The van der Waals surface area contributed by atoms with Crippen molar-refractivity contribution >= 4 is 12.0 Å². The number of carboxylic acids is 1. The van der Waals surface area contributed by atoms with E-state index in [1.54, 1.807) is 26.4 Å². The summed E-state index contributed by atoms with van der Waals surface area (Å²) in [6.45, 7) is 5.85. The molecule has 0 aromatic heterocycles. The summed E-state index contributed by atoms with van der Waals surface area (Å²) < 4.78 is 10.3. The van der Waals surface area contributed by atoms with Gasteiger partial charge in [0.1, 0.15) is 0 Å². The number of rotatable bonds is 4. The first-order valence-electron chi connectivity index (χ1n) is 5.72. The van der Waals surface area contributed by atoms with Crippen LogP contribution in [0.15, 0.2) is 18.2 Å². The van der Waals surface area contributed by atoms with Crippen molar-refractivity contribution in [2.24, 2.45) is 0 Å². The molecule has 0 aliphatic heterocycles. The number of ether oxygens (including phenoxy) is 2. The highest BCUT2D eigenvalue weighted by molar-refractivity contribution is 5.85. The second kappa shape index (κ2) is 8.17. The summed E-state index contributed by atoms with van der Waals surface area (Å²) in [6.07, 6.45) is 2.62. The summed E-state index contributed by atoms with van der Waals surface area (Å²) in [6, 6.07) is 3.53. The third-order valence-corrected chi connectivity index (χ3v) is 2.24. The number of carboxylic acid groups (broad SMARTS) is 1. The van der Waals surface area contributed by atoms with Crippen molar-refractivity contribution in [3.05, 3.63) is 29.3 Å².